The highest BCUT2D eigenvalue weighted by Crippen LogP contribution is 2.61. The van der Waals surface area contributed by atoms with Crippen LogP contribution in [0, 0.1) is 11.8 Å². The van der Waals surface area contributed by atoms with E-state index in [2.05, 4.69) is 0 Å². The third-order valence-electron chi connectivity index (χ3n) is 8.08. The Labute approximate surface area is 214 Å². The van der Waals surface area contributed by atoms with E-state index in [4.69, 9.17) is 0 Å². The largest absolute Gasteiger partial charge is 0.394 e. The molecule has 0 radical (unpaired) electrons. The Balaban J connectivity index is 1.48. The molecule has 0 aliphatic carbocycles. The third-order valence-corrected chi connectivity index (χ3v) is 9.83. The summed E-state index contributed by atoms with van der Waals surface area (Å²) in [6.07, 6.45) is 7.98. The van der Waals surface area contributed by atoms with Crippen LogP contribution in [0.25, 0.3) is 10.8 Å². The lowest BCUT2D eigenvalue weighted by molar-refractivity contribution is -0.143. The van der Waals surface area contributed by atoms with Crippen molar-refractivity contribution in [2.45, 2.75) is 29.0 Å². The van der Waals surface area contributed by atoms with Gasteiger partial charge in [0.2, 0.25) is 11.8 Å². The molecule has 4 aliphatic heterocycles. The second-order valence-electron chi connectivity index (χ2n) is 10.1. The highest BCUT2D eigenvalue weighted by molar-refractivity contribution is 8.02. The Morgan fingerprint density at radius 1 is 1.03 bits per heavy atom. The van der Waals surface area contributed by atoms with Gasteiger partial charge >= 0.3 is 0 Å². The zero-order valence-corrected chi connectivity index (χ0v) is 21.1. The molecule has 2 aromatic carbocycles. The monoisotopic (exact) mass is 503 g/mol. The summed E-state index contributed by atoms with van der Waals surface area (Å²) in [7, 11) is 1.76. The van der Waals surface area contributed by atoms with Gasteiger partial charge < -0.3 is 19.8 Å². The summed E-state index contributed by atoms with van der Waals surface area (Å²) >= 11 is 1.56. The maximum Gasteiger partial charge on any atom is 0.251 e. The molecule has 0 saturated carbocycles. The average Bonchev–Trinajstić information content (AvgIpc) is 3.22. The Hall–Kier alpha value is -3.10. The van der Waals surface area contributed by atoms with Gasteiger partial charge in [-0.3, -0.25) is 14.4 Å². The predicted molar refractivity (Wildman–Crippen MR) is 140 cm³/mol. The zero-order valence-electron chi connectivity index (χ0n) is 20.3. The van der Waals surface area contributed by atoms with Crippen LogP contribution in [0.5, 0.6) is 0 Å². The van der Waals surface area contributed by atoms with Gasteiger partial charge in [-0.25, -0.2) is 0 Å². The van der Waals surface area contributed by atoms with Crippen LogP contribution < -0.4 is 4.90 Å². The Kier molecular flexibility index (Phi) is 5.50. The van der Waals surface area contributed by atoms with Crippen molar-refractivity contribution in [3.05, 3.63) is 66.8 Å². The van der Waals surface area contributed by atoms with Crippen molar-refractivity contribution in [2.75, 3.05) is 31.6 Å². The molecule has 1 unspecified atom stereocenters. The first kappa shape index (κ1) is 23.3. The molecule has 6 rings (SSSR count). The Morgan fingerprint density at radius 3 is 2.58 bits per heavy atom. The quantitative estimate of drug-likeness (QED) is 0.651. The van der Waals surface area contributed by atoms with E-state index >= 15 is 0 Å². The number of fused-ring (bicyclic) bond motifs is 3. The number of carbonyl (C=O) groups excluding carboxylic acids is 3. The van der Waals surface area contributed by atoms with Crippen LogP contribution in [0.2, 0.25) is 0 Å². The van der Waals surface area contributed by atoms with Gasteiger partial charge in [-0.05, 0) is 29.8 Å². The number of anilines is 1. The minimum absolute atomic E-state index is 0.0681. The molecule has 4 aliphatic rings. The molecule has 8 heteroatoms. The summed E-state index contributed by atoms with van der Waals surface area (Å²) in [6, 6.07) is 12.6. The number of hydrogen-bond acceptors (Lipinski definition) is 5. The van der Waals surface area contributed by atoms with Crippen molar-refractivity contribution in [1.29, 1.82) is 0 Å². The van der Waals surface area contributed by atoms with Crippen LogP contribution in [0.3, 0.4) is 0 Å². The fourth-order valence-corrected chi connectivity index (χ4v) is 8.33. The normalized spacial score (nSPS) is 32.4. The molecular formula is C28H29N3O4S. The smallest absolute Gasteiger partial charge is 0.251 e. The van der Waals surface area contributed by atoms with Crippen molar-refractivity contribution in [3.63, 3.8) is 0 Å². The molecule has 7 nitrogen and oxygen atoms in total. The molecule has 3 amide bonds. The Morgan fingerprint density at radius 2 is 1.81 bits per heavy atom. The van der Waals surface area contributed by atoms with E-state index in [1.54, 1.807) is 40.4 Å². The molecule has 0 bridgehead atoms. The summed E-state index contributed by atoms with van der Waals surface area (Å²) in [5.41, 5.74) is 0.765. The molecule has 4 heterocycles. The van der Waals surface area contributed by atoms with Gasteiger partial charge in [0.1, 0.15) is 6.04 Å². The average molecular weight is 504 g/mol. The van der Waals surface area contributed by atoms with Crippen molar-refractivity contribution in [2.24, 2.45) is 11.8 Å². The van der Waals surface area contributed by atoms with E-state index in [-0.39, 0.29) is 29.6 Å². The molecule has 6 atom stereocenters. The molecular weight excluding hydrogens is 474 g/mol. The minimum atomic E-state index is -0.878. The molecule has 36 heavy (non-hydrogen) atoms. The van der Waals surface area contributed by atoms with E-state index in [9.17, 15) is 19.5 Å². The first-order valence-electron chi connectivity index (χ1n) is 12.4. The lowest BCUT2D eigenvalue weighted by Gasteiger charge is -2.37. The van der Waals surface area contributed by atoms with Crippen molar-refractivity contribution in [1.82, 2.24) is 9.80 Å². The number of carbonyl (C=O) groups is 3. The van der Waals surface area contributed by atoms with E-state index < -0.39 is 28.7 Å². The first-order chi connectivity index (χ1) is 17.4. The number of benzene rings is 2. The molecule has 0 aromatic heterocycles. The predicted octanol–water partition coefficient (Wildman–Crippen LogP) is 2.45. The Bertz CT molecular complexity index is 1320. The highest BCUT2D eigenvalue weighted by Gasteiger charge is 2.71. The summed E-state index contributed by atoms with van der Waals surface area (Å²) in [6.45, 7) is 2.38. The standard InChI is InChI=1S/C28H29N3O4S/c1-17(16-32)31-24-27(35)30(20-11-10-18-7-3-4-8-19(18)15-20)14-6-12-28(24)23(26(31)34)22-21(36-28)9-5-13-29(2)25(22)33/h3-12,15,17,21-24,32H,13-14,16H2,1-2H3/t17-,21+,22-,23+,24?,28+/m1/s1. The van der Waals surface area contributed by atoms with E-state index in [0.29, 0.717) is 13.1 Å². The van der Waals surface area contributed by atoms with Gasteiger partial charge in [0.05, 0.1) is 29.2 Å². The third kappa shape index (κ3) is 3.20. The van der Waals surface area contributed by atoms with Gasteiger partial charge in [-0.1, -0.05) is 54.6 Å². The van der Waals surface area contributed by atoms with E-state index in [0.717, 1.165) is 16.5 Å². The molecule has 1 N–H and O–H groups in total. The van der Waals surface area contributed by atoms with Crippen LogP contribution in [0.4, 0.5) is 5.69 Å². The molecule has 186 valence electrons. The van der Waals surface area contributed by atoms with Crippen molar-refractivity contribution < 1.29 is 19.5 Å². The first-order valence-corrected chi connectivity index (χ1v) is 13.3. The number of thioether (sulfide) groups is 1. The number of likely N-dealkylation sites (tertiary alicyclic amines) is 1. The van der Waals surface area contributed by atoms with Gasteiger partial charge in [0.25, 0.3) is 5.91 Å². The van der Waals surface area contributed by atoms with Crippen molar-refractivity contribution in [3.8, 4) is 0 Å². The topological polar surface area (TPSA) is 81.2 Å². The maximum atomic E-state index is 14.4. The minimum Gasteiger partial charge on any atom is -0.394 e. The second kappa shape index (κ2) is 8.49. The van der Waals surface area contributed by atoms with E-state index in [1.807, 2.05) is 66.8 Å². The number of nitrogens with zero attached hydrogens (tertiary/aromatic N) is 3. The second-order valence-corrected chi connectivity index (χ2v) is 11.6. The molecule has 1 spiro atoms. The van der Waals surface area contributed by atoms with E-state index in [1.165, 1.54) is 0 Å². The maximum absolute atomic E-state index is 14.4. The number of hydrogen-bond donors (Lipinski definition) is 1. The van der Waals surface area contributed by atoms with Crippen LogP contribution in [-0.4, -0.2) is 81.5 Å². The number of aliphatic hydroxyl groups excluding tert-OH is 1. The molecule has 2 aromatic rings. The summed E-state index contributed by atoms with van der Waals surface area (Å²) in [4.78, 5) is 46.8. The van der Waals surface area contributed by atoms with Crippen LogP contribution >= 0.6 is 11.8 Å². The van der Waals surface area contributed by atoms with Gasteiger partial charge in [-0.15, -0.1) is 11.8 Å². The number of amides is 3. The fraction of sp³-hybridized carbons (Fsp3) is 0.393. The summed E-state index contributed by atoms with van der Waals surface area (Å²) in [5, 5.41) is 12.0. The van der Waals surface area contributed by atoms with Crippen LogP contribution in [-0.2, 0) is 14.4 Å². The zero-order chi connectivity index (χ0) is 25.2. The summed E-state index contributed by atoms with van der Waals surface area (Å²) in [5.74, 6) is -1.69. The van der Waals surface area contributed by atoms with Gasteiger partial charge in [0, 0.05) is 31.1 Å². The van der Waals surface area contributed by atoms with Crippen molar-refractivity contribution >= 4 is 45.9 Å². The van der Waals surface area contributed by atoms with Gasteiger partial charge in [0.15, 0.2) is 0 Å². The number of rotatable bonds is 3. The fourth-order valence-electron chi connectivity index (χ4n) is 6.34. The van der Waals surface area contributed by atoms with Gasteiger partial charge in [-0.2, -0.15) is 0 Å². The summed E-state index contributed by atoms with van der Waals surface area (Å²) < 4.78 is -0.878. The van der Waals surface area contributed by atoms with Crippen LogP contribution in [0.15, 0.2) is 66.8 Å². The lowest BCUT2D eigenvalue weighted by Crippen LogP contribution is -2.56. The SMILES string of the molecule is C[C@H](CO)N1C(=O)[C@@H]2[C@@H]3C(=O)N(C)CC=C[C@@H]3S[C@@]23C=CCN(c2ccc4ccccc4c2)C(=O)C13. The molecule has 2 fully saturated rings. The number of likely N-dealkylation sites (N-methyl/N-ethyl adjacent to an activating group) is 1. The lowest BCUT2D eigenvalue weighted by atomic mass is 9.78. The number of aliphatic hydroxyl groups is 1. The molecule has 2 saturated heterocycles. The highest BCUT2D eigenvalue weighted by atomic mass is 32.2. The van der Waals surface area contributed by atoms with Crippen LogP contribution in [0.1, 0.15) is 6.92 Å².